The molecule has 0 unspecified atom stereocenters. The van der Waals surface area contributed by atoms with Crippen LogP contribution in [0.2, 0.25) is 0 Å². The van der Waals surface area contributed by atoms with Gasteiger partial charge in [-0.1, -0.05) is 19.3 Å². The van der Waals surface area contributed by atoms with Crippen LogP contribution in [0.1, 0.15) is 42.5 Å². The van der Waals surface area contributed by atoms with Gasteiger partial charge in [0.05, 0.1) is 12.7 Å². The first kappa shape index (κ1) is 14.8. The summed E-state index contributed by atoms with van der Waals surface area (Å²) >= 11 is 0. The summed E-state index contributed by atoms with van der Waals surface area (Å²) in [6, 6.07) is 2.98. The quantitative estimate of drug-likeness (QED) is 0.830. The minimum atomic E-state index is -0.227. The zero-order valence-corrected chi connectivity index (χ0v) is 11.9. The van der Waals surface area contributed by atoms with Crippen LogP contribution >= 0.6 is 0 Å². The molecule has 1 N–H and O–H groups in total. The number of ether oxygens (including phenoxy) is 1. The average molecular weight is 278 g/mol. The lowest BCUT2D eigenvalue weighted by molar-refractivity contribution is 0.0299. The zero-order valence-electron chi connectivity index (χ0n) is 11.9. The number of aromatic nitrogens is 1. The zero-order chi connectivity index (χ0) is 14.4. The van der Waals surface area contributed by atoms with E-state index in [1.165, 1.54) is 29.9 Å². The van der Waals surface area contributed by atoms with Crippen molar-refractivity contribution in [3.05, 3.63) is 34.2 Å². The second-order valence-corrected chi connectivity index (χ2v) is 5.25. The molecule has 5 heteroatoms. The second kappa shape index (κ2) is 7.24. The smallest absolute Gasteiger partial charge is 0.251 e. The van der Waals surface area contributed by atoms with Crippen LogP contribution in [0.4, 0.5) is 0 Å². The van der Waals surface area contributed by atoms with Gasteiger partial charge < -0.3 is 14.6 Å². The van der Waals surface area contributed by atoms with Gasteiger partial charge in [-0.2, -0.15) is 0 Å². The Morgan fingerprint density at radius 3 is 2.85 bits per heavy atom. The molecule has 0 bridgehead atoms. The lowest BCUT2D eigenvalue weighted by Crippen LogP contribution is -2.30. The molecule has 1 aliphatic carbocycles. The number of aryl methyl sites for hydroxylation is 1. The van der Waals surface area contributed by atoms with Crippen molar-refractivity contribution in [2.45, 2.75) is 38.2 Å². The van der Waals surface area contributed by atoms with Crippen LogP contribution in [0.3, 0.4) is 0 Å². The Morgan fingerprint density at radius 2 is 2.15 bits per heavy atom. The molecule has 0 atom stereocenters. The molecule has 1 heterocycles. The van der Waals surface area contributed by atoms with Crippen molar-refractivity contribution in [1.29, 1.82) is 0 Å². The third-order valence-corrected chi connectivity index (χ3v) is 3.66. The van der Waals surface area contributed by atoms with Crippen LogP contribution in [0, 0.1) is 0 Å². The summed E-state index contributed by atoms with van der Waals surface area (Å²) in [5.74, 6) is -0.227. The molecule has 110 valence electrons. The maximum Gasteiger partial charge on any atom is 0.251 e. The third kappa shape index (κ3) is 4.20. The fourth-order valence-corrected chi connectivity index (χ4v) is 2.41. The SMILES string of the molecule is Cn1ccc(C(=O)NCCOC2CCCCC2)cc1=O. The maximum absolute atomic E-state index is 11.8. The number of rotatable bonds is 5. The summed E-state index contributed by atoms with van der Waals surface area (Å²) in [6.07, 6.45) is 7.99. The number of pyridine rings is 1. The third-order valence-electron chi connectivity index (χ3n) is 3.66. The van der Waals surface area contributed by atoms with Crippen molar-refractivity contribution in [2.75, 3.05) is 13.2 Å². The lowest BCUT2D eigenvalue weighted by atomic mass is 9.98. The molecule has 1 saturated carbocycles. The number of nitrogens with zero attached hydrogens (tertiary/aromatic N) is 1. The van der Waals surface area contributed by atoms with E-state index in [9.17, 15) is 9.59 Å². The molecule has 20 heavy (non-hydrogen) atoms. The van der Waals surface area contributed by atoms with Crippen LogP contribution in [0.15, 0.2) is 23.1 Å². The summed E-state index contributed by atoms with van der Waals surface area (Å²) in [5, 5.41) is 2.77. The summed E-state index contributed by atoms with van der Waals surface area (Å²) in [7, 11) is 1.65. The standard InChI is InChI=1S/C15H22N2O3/c1-17-9-7-12(11-14(17)18)15(19)16-8-10-20-13-5-3-2-4-6-13/h7,9,11,13H,2-6,8,10H2,1H3,(H,16,19). The molecule has 1 fully saturated rings. The predicted octanol–water partition coefficient (Wildman–Crippen LogP) is 1.46. The van der Waals surface area contributed by atoms with Gasteiger partial charge in [-0.25, -0.2) is 0 Å². The van der Waals surface area contributed by atoms with Gasteiger partial charge in [0.25, 0.3) is 11.5 Å². The highest BCUT2D eigenvalue weighted by molar-refractivity contribution is 5.93. The van der Waals surface area contributed by atoms with Crippen LogP contribution in [0.5, 0.6) is 0 Å². The summed E-state index contributed by atoms with van der Waals surface area (Å²) < 4.78 is 7.16. The molecule has 0 spiro atoms. The Balaban J connectivity index is 1.71. The Morgan fingerprint density at radius 1 is 1.40 bits per heavy atom. The normalized spacial score (nSPS) is 16.1. The molecule has 0 radical (unpaired) electrons. The minimum Gasteiger partial charge on any atom is -0.376 e. The molecule has 0 aromatic carbocycles. The van der Waals surface area contributed by atoms with Gasteiger partial charge >= 0.3 is 0 Å². The fourth-order valence-electron chi connectivity index (χ4n) is 2.41. The Bertz CT molecular complexity index is 504. The van der Waals surface area contributed by atoms with E-state index in [4.69, 9.17) is 4.74 Å². The molecule has 1 aliphatic rings. The minimum absolute atomic E-state index is 0.184. The van der Waals surface area contributed by atoms with Gasteiger partial charge in [-0.3, -0.25) is 9.59 Å². The van der Waals surface area contributed by atoms with E-state index in [1.807, 2.05) is 0 Å². The van der Waals surface area contributed by atoms with Crippen molar-refractivity contribution >= 4 is 5.91 Å². The van der Waals surface area contributed by atoms with Gasteiger partial charge in [0.2, 0.25) is 0 Å². The van der Waals surface area contributed by atoms with Gasteiger partial charge in [-0.05, 0) is 18.9 Å². The average Bonchev–Trinajstić information content (AvgIpc) is 2.47. The van der Waals surface area contributed by atoms with Crippen molar-refractivity contribution < 1.29 is 9.53 Å². The molecule has 0 aliphatic heterocycles. The van der Waals surface area contributed by atoms with Gasteiger partial charge in [-0.15, -0.1) is 0 Å². The molecule has 2 rings (SSSR count). The predicted molar refractivity (Wildman–Crippen MR) is 76.8 cm³/mol. The van der Waals surface area contributed by atoms with E-state index in [0.29, 0.717) is 24.8 Å². The molecule has 0 saturated heterocycles. The monoisotopic (exact) mass is 278 g/mol. The molecular formula is C15H22N2O3. The van der Waals surface area contributed by atoms with Crippen LogP contribution in [-0.4, -0.2) is 29.7 Å². The Labute approximate surface area is 118 Å². The summed E-state index contributed by atoms with van der Waals surface area (Å²) in [6.45, 7) is 1.01. The fraction of sp³-hybridized carbons (Fsp3) is 0.600. The highest BCUT2D eigenvalue weighted by Crippen LogP contribution is 2.19. The largest absolute Gasteiger partial charge is 0.376 e. The first-order valence-electron chi connectivity index (χ1n) is 7.23. The molecule has 1 amide bonds. The van der Waals surface area contributed by atoms with E-state index in [-0.39, 0.29) is 11.5 Å². The van der Waals surface area contributed by atoms with E-state index >= 15 is 0 Å². The second-order valence-electron chi connectivity index (χ2n) is 5.25. The highest BCUT2D eigenvalue weighted by Gasteiger charge is 2.13. The van der Waals surface area contributed by atoms with Crippen molar-refractivity contribution in [3.8, 4) is 0 Å². The van der Waals surface area contributed by atoms with Crippen LogP contribution < -0.4 is 10.9 Å². The van der Waals surface area contributed by atoms with E-state index in [1.54, 1.807) is 19.3 Å². The lowest BCUT2D eigenvalue weighted by Gasteiger charge is -2.21. The number of carbonyl (C=O) groups excluding carboxylic acids is 1. The first-order chi connectivity index (χ1) is 9.66. The van der Waals surface area contributed by atoms with Crippen molar-refractivity contribution in [2.24, 2.45) is 7.05 Å². The van der Waals surface area contributed by atoms with Crippen molar-refractivity contribution in [1.82, 2.24) is 9.88 Å². The number of nitrogens with one attached hydrogen (secondary N) is 1. The number of hydrogen-bond donors (Lipinski definition) is 1. The van der Waals surface area contributed by atoms with Gasteiger partial charge in [0.1, 0.15) is 0 Å². The van der Waals surface area contributed by atoms with E-state index < -0.39 is 0 Å². The maximum atomic E-state index is 11.8. The molecule has 1 aromatic heterocycles. The molecule has 5 nitrogen and oxygen atoms in total. The summed E-state index contributed by atoms with van der Waals surface area (Å²) in [4.78, 5) is 23.3. The van der Waals surface area contributed by atoms with Crippen molar-refractivity contribution in [3.63, 3.8) is 0 Å². The van der Waals surface area contributed by atoms with Gasteiger partial charge in [0, 0.05) is 31.4 Å². The number of amides is 1. The summed E-state index contributed by atoms with van der Waals surface area (Å²) in [5.41, 5.74) is 0.210. The first-order valence-corrected chi connectivity index (χ1v) is 7.23. The van der Waals surface area contributed by atoms with E-state index in [2.05, 4.69) is 5.32 Å². The van der Waals surface area contributed by atoms with Gasteiger partial charge in [0.15, 0.2) is 0 Å². The topological polar surface area (TPSA) is 60.3 Å². The number of carbonyl (C=O) groups is 1. The van der Waals surface area contributed by atoms with Crippen LogP contribution in [-0.2, 0) is 11.8 Å². The van der Waals surface area contributed by atoms with Crippen LogP contribution in [0.25, 0.3) is 0 Å². The van der Waals surface area contributed by atoms with E-state index in [0.717, 1.165) is 12.8 Å². The Hall–Kier alpha value is -1.62. The molecule has 1 aromatic rings. The highest BCUT2D eigenvalue weighted by atomic mass is 16.5. The number of hydrogen-bond acceptors (Lipinski definition) is 3. The molecular weight excluding hydrogens is 256 g/mol. The Kier molecular flexibility index (Phi) is 5.35.